The van der Waals surface area contributed by atoms with Gasteiger partial charge in [-0.15, -0.1) is 11.3 Å². The van der Waals surface area contributed by atoms with Gasteiger partial charge in [-0.3, -0.25) is 19.0 Å². The van der Waals surface area contributed by atoms with Gasteiger partial charge < -0.3 is 10.1 Å². The van der Waals surface area contributed by atoms with Gasteiger partial charge in [0, 0.05) is 5.56 Å². The summed E-state index contributed by atoms with van der Waals surface area (Å²) in [5, 5.41) is 3.17. The maximum atomic E-state index is 13.0. The minimum atomic E-state index is -0.351. The van der Waals surface area contributed by atoms with E-state index in [2.05, 4.69) is 10.3 Å². The number of carbonyl (C=O) groups excluding carboxylic acids is 2. The summed E-state index contributed by atoms with van der Waals surface area (Å²) in [4.78, 5) is 43.6. The lowest BCUT2D eigenvalue weighted by Gasteiger charge is -2.09. The molecule has 0 aliphatic rings. The van der Waals surface area contributed by atoms with Gasteiger partial charge in [0.25, 0.3) is 11.5 Å². The van der Waals surface area contributed by atoms with Crippen molar-refractivity contribution in [2.24, 2.45) is 0 Å². The van der Waals surface area contributed by atoms with Crippen LogP contribution in [0, 0.1) is 6.92 Å². The summed E-state index contributed by atoms with van der Waals surface area (Å²) < 4.78 is 6.55. The SMILES string of the molecule is COc1ccccc1NC(=O)c1sc2ncn(CC(=O)c3ccccc3)c(=O)c2c1C. The van der Waals surface area contributed by atoms with Gasteiger partial charge in [0.2, 0.25) is 0 Å². The largest absolute Gasteiger partial charge is 0.495 e. The number of amides is 1. The van der Waals surface area contributed by atoms with Crippen molar-refractivity contribution in [3.05, 3.63) is 87.3 Å². The Morgan fingerprint density at radius 1 is 1.10 bits per heavy atom. The van der Waals surface area contributed by atoms with Gasteiger partial charge in [0.15, 0.2) is 5.78 Å². The van der Waals surface area contributed by atoms with E-state index in [4.69, 9.17) is 4.74 Å². The van der Waals surface area contributed by atoms with Crippen molar-refractivity contribution in [2.75, 3.05) is 12.4 Å². The molecule has 0 saturated heterocycles. The zero-order valence-electron chi connectivity index (χ0n) is 16.9. The Morgan fingerprint density at radius 3 is 2.55 bits per heavy atom. The number of aryl methyl sites for hydroxylation is 1. The average molecular weight is 433 g/mol. The second-order valence-corrected chi connectivity index (χ2v) is 7.86. The first-order valence-corrected chi connectivity index (χ1v) is 10.3. The van der Waals surface area contributed by atoms with Crippen LogP contribution >= 0.6 is 11.3 Å². The first kappa shape index (κ1) is 20.5. The number of nitrogens with zero attached hydrogens (tertiary/aromatic N) is 2. The molecule has 2 aromatic heterocycles. The van der Waals surface area contributed by atoms with Crippen molar-refractivity contribution in [2.45, 2.75) is 13.5 Å². The number of methoxy groups -OCH3 is 1. The lowest BCUT2D eigenvalue weighted by Crippen LogP contribution is -2.24. The standard InChI is InChI=1S/C23H19N3O4S/c1-14-19-22(31-20(14)21(28)25-16-10-6-7-11-18(16)30-2)24-13-26(23(19)29)12-17(27)15-8-4-3-5-9-15/h3-11,13H,12H2,1-2H3,(H,25,28). The molecule has 2 aromatic carbocycles. The van der Waals surface area contributed by atoms with E-state index in [1.54, 1.807) is 49.4 Å². The number of hydrogen-bond donors (Lipinski definition) is 1. The molecule has 7 nitrogen and oxygen atoms in total. The summed E-state index contributed by atoms with van der Waals surface area (Å²) in [6, 6.07) is 15.9. The molecule has 0 aliphatic carbocycles. The van der Waals surface area contributed by atoms with Gasteiger partial charge in [-0.05, 0) is 24.6 Å². The molecular weight excluding hydrogens is 414 g/mol. The number of benzene rings is 2. The molecule has 0 bridgehead atoms. The van der Waals surface area contributed by atoms with Crippen LogP contribution in [-0.4, -0.2) is 28.4 Å². The lowest BCUT2D eigenvalue weighted by molar-refractivity contribution is 0.0969. The van der Waals surface area contributed by atoms with Crippen LogP contribution in [0.3, 0.4) is 0 Å². The Balaban J connectivity index is 1.66. The molecule has 0 spiro atoms. The monoisotopic (exact) mass is 433 g/mol. The summed E-state index contributed by atoms with van der Waals surface area (Å²) in [5.74, 6) is -0.00305. The molecule has 1 N–H and O–H groups in total. The van der Waals surface area contributed by atoms with Crippen LogP contribution in [-0.2, 0) is 6.54 Å². The van der Waals surface area contributed by atoms with Gasteiger partial charge >= 0.3 is 0 Å². The predicted octanol–water partition coefficient (Wildman–Crippen LogP) is 3.91. The van der Waals surface area contributed by atoms with Gasteiger partial charge in [0.05, 0.1) is 35.9 Å². The molecule has 0 atom stereocenters. The molecule has 0 fully saturated rings. The Labute approximate surface area is 181 Å². The fraction of sp³-hybridized carbons (Fsp3) is 0.130. The number of nitrogens with one attached hydrogen (secondary N) is 1. The predicted molar refractivity (Wildman–Crippen MR) is 120 cm³/mol. The van der Waals surface area contributed by atoms with E-state index in [1.807, 2.05) is 12.1 Å². The highest BCUT2D eigenvalue weighted by atomic mass is 32.1. The molecule has 0 aliphatic heterocycles. The van der Waals surface area contributed by atoms with Crippen molar-refractivity contribution >= 4 is 38.9 Å². The smallest absolute Gasteiger partial charge is 0.266 e. The van der Waals surface area contributed by atoms with Gasteiger partial charge in [-0.2, -0.15) is 0 Å². The normalized spacial score (nSPS) is 10.8. The highest BCUT2D eigenvalue weighted by Gasteiger charge is 2.21. The number of aromatic nitrogens is 2. The summed E-state index contributed by atoms with van der Waals surface area (Å²) in [6.07, 6.45) is 1.35. The third-order valence-electron chi connectivity index (χ3n) is 4.89. The Bertz CT molecular complexity index is 1340. The Morgan fingerprint density at radius 2 is 1.81 bits per heavy atom. The molecule has 1 amide bonds. The van der Waals surface area contributed by atoms with Gasteiger partial charge in [0.1, 0.15) is 10.6 Å². The van der Waals surface area contributed by atoms with E-state index >= 15 is 0 Å². The summed E-state index contributed by atoms with van der Waals surface area (Å²) >= 11 is 1.14. The molecule has 4 aromatic rings. The summed E-state index contributed by atoms with van der Waals surface area (Å²) in [5.41, 5.74) is 1.24. The molecule has 4 rings (SSSR count). The number of thiophene rings is 1. The van der Waals surface area contributed by atoms with E-state index in [0.29, 0.717) is 37.7 Å². The average Bonchev–Trinajstić information content (AvgIpc) is 3.13. The summed E-state index contributed by atoms with van der Waals surface area (Å²) in [7, 11) is 1.53. The van der Waals surface area contributed by atoms with Crippen LogP contribution in [0.4, 0.5) is 5.69 Å². The van der Waals surface area contributed by atoms with E-state index in [-0.39, 0.29) is 23.8 Å². The minimum Gasteiger partial charge on any atom is -0.495 e. The van der Waals surface area contributed by atoms with Crippen molar-refractivity contribution in [3.8, 4) is 5.75 Å². The number of ether oxygens (including phenoxy) is 1. The zero-order valence-corrected chi connectivity index (χ0v) is 17.7. The molecule has 0 saturated carbocycles. The van der Waals surface area contributed by atoms with Crippen molar-refractivity contribution in [1.29, 1.82) is 0 Å². The maximum absolute atomic E-state index is 13.0. The minimum absolute atomic E-state index is 0.121. The van der Waals surface area contributed by atoms with Crippen LogP contribution in [0.1, 0.15) is 25.6 Å². The number of carbonyl (C=O) groups is 2. The topological polar surface area (TPSA) is 90.3 Å². The van der Waals surface area contributed by atoms with Crippen LogP contribution in [0.15, 0.2) is 65.7 Å². The third kappa shape index (κ3) is 3.97. The fourth-order valence-electron chi connectivity index (χ4n) is 3.29. The summed E-state index contributed by atoms with van der Waals surface area (Å²) in [6.45, 7) is 1.59. The number of Topliss-reactive ketones (excluding diaryl/α,β-unsaturated/α-hetero) is 1. The van der Waals surface area contributed by atoms with Crippen molar-refractivity contribution < 1.29 is 14.3 Å². The van der Waals surface area contributed by atoms with Gasteiger partial charge in [-0.25, -0.2) is 4.98 Å². The molecule has 8 heteroatoms. The Kier molecular flexibility index (Phi) is 5.64. The first-order valence-electron chi connectivity index (χ1n) is 9.50. The second kappa shape index (κ2) is 8.53. The molecule has 0 unspecified atom stereocenters. The van der Waals surface area contributed by atoms with Crippen LogP contribution < -0.4 is 15.6 Å². The number of ketones is 1. The highest BCUT2D eigenvalue weighted by Crippen LogP contribution is 2.29. The van der Waals surface area contributed by atoms with Gasteiger partial charge in [-0.1, -0.05) is 42.5 Å². The fourth-order valence-corrected chi connectivity index (χ4v) is 4.32. The third-order valence-corrected chi connectivity index (χ3v) is 6.09. The lowest BCUT2D eigenvalue weighted by atomic mass is 10.1. The quantitative estimate of drug-likeness (QED) is 0.466. The Hall–Kier alpha value is -3.78. The number of fused-ring (bicyclic) bond motifs is 1. The second-order valence-electron chi connectivity index (χ2n) is 6.86. The molecular formula is C23H19N3O4S. The van der Waals surface area contributed by atoms with Crippen molar-refractivity contribution in [3.63, 3.8) is 0 Å². The molecule has 0 radical (unpaired) electrons. The van der Waals surface area contributed by atoms with E-state index in [1.165, 1.54) is 18.0 Å². The maximum Gasteiger partial charge on any atom is 0.266 e. The van der Waals surface area contributed by atoms with Crippen LogP contribution in [0.25, 0.3) is 10.2 Å². The number of rotatable bonds is 6. The first-order chi connectivity index (χ1) is 15.0. The van der Waals surface area contributed by atoms with Crippen molar-refractivity contribution in [1.82, 2.24) is 9.55 Å². The molecule has 2 heterocycles. The van der Waals surface area contributed by atoms with E-state index in [0.717, 1.165) is 11.3 Å². The number of para-hydroxylation sites is 2. The van der Waals surface area contributed by atoms with Crippen LogP contribution in [0.5, 0.6) is 5.75 Å². The number of anilines is 1. The van der Waals surface area contributed by atoms with Crippen LogP contribution in [0.2, 0.25) is 0 Å². The zero-order chi connectivity index (χ0) is 22.0. The number of hydrogen-bond acceptors (Lipinski definition) is 6. The van der Waals surface area contributed by atoms with E-state index in [9.17, 15) is 14.4 Å². The highest BCUT2D eigenvalue weighted by molar-refractivity contribution is 7.20. The van der Waals surface area contributed by atoms with E-state index < -0.39 is 0 Å². The molecule has 156 valence electrons. The molecule has 31 heavy (non-hydrogen) atoms.